The van der Waals surface area contributed by atoms with Gasteiger partial charge in [-0.3, -0.25) is 4.79 Å². The van der Waals surface area contributed by atoms with Crippen LogP contribution in [-0.2, 0) is 4.74 Å². The predicted octanol–water partition coefficient (Wildman–Crippen LogP) is 5.67. The molecule has 1 N–H and O–H groups in total. The Labute approximate surface area is 169 Å². The summed E-state index contributed by atoms with van der Waals surface area (Å²) in [7, 11) is 1.59. The number of carbonyl (C=O) groups excluding carboxylic acids is 2. The Morgan fingerprint density at radius 2 is 1.96 bits per heavy atom. The molecule has 27 heavy (non-hydrogen) atoms. The first-order chi connectivity index (χ1) is 12.9. The van der Waals surface area contributed by atoms with Crippen molar-refractivity contribution in [3.63, 3.8) is 0 Å². The van der Waals surface area contributed by atoms with Crippen molar-refractivity contribution in [1.29, 1.82) is 0 Å². The molecule has 142 valence electrons. The molecule has 0 radical (unpaired) electrons. The topological polar surface area (TPSA) is 64.6 Å². The molecule has 2 heterocycles. The zero-order valence-corrected chi connectivity index (χ0v) is 17.7. The van der Waals surface area contributed by atoms with Crippen LogP contribution in [0.2, 0.25) is 5.02 Å². The van der Waals surface area contributed by atoms with Crippen LogP contribution in [0.3, 0.4) is 0 Å². The van der Waals surface area contributed by atoms with E-state index in [1.165, 1.54) is 22.7 Å². The monoisotopic (exact) mass is 423 g/mol. The van der Waals surface area contributed by atoms with Gasteiger partial charge in [0.15, 0.2) is 0 Å². The molecule has 2 aromatic heterocycles. The third-order valence-electron chi connectivity index (χ3n) is 4.13. The van der Waals surface area contributed by atoms with E-state index in [1.807, 2.05) is 26.0 Å². The van der Waals surface area contributed by atoms with E-state index in [0.29, 0.717) is 26.2 Å². The van der Waals surface area contributed by atoms with E-state index in [1.54, 1.807) is 20.1 Å². The number of methoxy groups -OCH3 is 1. The number of halogens is 1. The Morgan fingerprint density at radius 3 is 2.63 bits per heavy atom. The number of hydrogen-bond donors (Lipinski definition) is 1. The van der Waals surface area contributed by atoms with E-state index < -0.39 is 5.97 Å². The average molecular weight is 424 g/mol. The summed E-state index contributed by atoms with van der Waals surface area (Å²) in [4.78, 5) is 26.5. The maximum Gasteiger partial charge on any atom is 0.341 e. The van der Waals surface area contributed by atoms with Crippen LogP contribution < -0.4 is 10.1 Å². The molecule has 3 aromatic rings. The Morgan fingerprint density at radius 1 is 1.22 bits per heavy atom. The molecule has 0 saturated carbocycles. The van der Waals surface area contributed by atoms with Gasteiger partial charge in [-0.2, -0.15) is 0 Å². The van der Waals surface area contributed by atoms with E-state index >= 15 is 0 Å². The second-order valence-corrected chi connectivity index (χ2v) is 8.42. The van der Waals surface area contributed by atoms with Crippen LogP contribution in [0.4, 0.5) is 5.00 Å². The third kappa shape index (κ3) is 3.67. The van der Waals surface area contributed by atoms with Gasteiger partial charge >= 0.3 is 5.97 Å². The molecule has 0 saturated heterocycles. The summed E-state index contributed by atoms with van der Waals surface area (Å²) in [5, 5.41) is 4.48. The standard InChI is InChI=1S/C19H18ClNO4S2/c1-5-25-19(23)14-9(2)10(3)26-18(14)21-17(22)16-15(20)12-7-6-11(24-4)8-13(12)27-16/h6-8H,5H2,1-4H3,(H,21,22). The van der Waals surface area contributed by atoms with Crippen LogP contribution in [0.5, 0.6) is 5.75 Å². The first kappa shape index (κ1) is 19.7. The molecular weight excluding hydrogens is 406 g/mol. The lowest BCUT2D eigenvalue weighted by Crippen LogP contribution is -2.14. The first-order valence-corrected chi connectivity index (χ1v) is 10.2. The van der Waals surface area contributed by atoms with Gasteiger partial charge in [0.25, 0.3) is 5.91 Å². The number of carbonyl (C=O) groups is 2. The number of hydrogen-bond acceptors (Lipinski definition) is 6. The van der Waals surface area contributed by atoms with Crippen LogP contribution in [0, 0.1) is 13.8 Å². The highest BCUT2D eigenvalue weighted by atomic mass is 35.5. The molecule has 0 aliphatic rings. The number of rotatable bonds is 5. The normalized spacial score (nSPS) is 10.9. The minimum Gasteiger partial charge on any atom is -0.497 e. The van der Waals surface area contributed by atoms with Gasteiger partial charge in [0.05, 0.1) is 24.3 Å². The molecule has 3 rings (SSSR count). The SMILES string of the molecule is CCOC(=O)c1c(NC(=O)c2sc3cc(OC)ccc3c2Cl)sc(C)c1C. The van der Waals surface area contributed by atoms with Crippen molar-refractivity contribution >= 4 is 61.2 Å². The summed E-state index contributed by atoms with van der Waals surface area (Å²) in [5.41, 5.74) is 1.20. The highest BCUT2D eigenvalue weighted by Crippen LogP contribution is 2.39. The molecule has 5 nitrogen and oxygen atoms in total. The molecule has 0 fully saturated rings. The third-order valence-corrected chi connectivity index (χ3v) is 6.91. The maximum atomic E-state index is 12.9. The van der Waals surface area contributed by atoms with Gasteiger partial charge in [0.1, 0.15) is 15.6 Å². The highest BCUT2D eigenvalue weighted by molar-refractivity contribution is 7.22. The first-order valence-electron chi connectivity index (χ1n) is 8.21. The number of ether oxygens (including phenoxy) is 2. The summed E-state index contributed by atoms with van der Waals surface area (Å²) in [5.74, 6) is -0.102. The van der Waals surface area contributed by atoms with Gasteiger partial charge in [-0.15, -0.1) is 22.7 Å². The molecule has 1 amide bonds. The number of fused-ring (bicyclic) bond motifs is 1. The van der Waals surface area contributed by atoms with Gasteiger partial charge in [0.2, 0.25) is 0 Å². The van der Waals surface area contributed by atoms with Crippen molar-refractivity contribution in [2.24, 2.45) is 0 Å². The van der Waals surface area contributed by atoms with Gasteiger partial charge < -0.3 is 14.8 Å². The Kier molecular flexibility index (Phi) is 5.74. The molecule has 1 aromatic carbocycles. The molecule has 0 unspecified atom stereocenters. The van der Waals surface area contributed by atoms with E-state index in [0.717, 1.165) is 20.5 Å². The lowest BCUT2D eigenvalue weighted by molar-refractivity contribution is 0.0527. The van der Waals surface area contributed by atoms with E-state index in [-0.39, 0.29) is 12.5 Å². The quantitative estimate of drug-likeness (QED) is 0.537. The lowest BCUT2D eigenvalue weighted by atomic mass is 10.1. The molecule has 8 heteroatoms. The number of thiophene rings is 2. The highest BCUT2D eigenvalue weighted by Gasteiger charge is 2.24. The zero-order valence-electron chi connectivity index (χ0n) is 15.3. The van der Waals surface area contributed by atoms with E-state index in [4.69, 9.17) is 21.1 Å². The van der Waals surface area contributed by atoms with Crippen molar-refractivity contribution in [2.45, 2.75) is 20.8 Å². The summed E-state index contributed by atoms with van der Waals surface area (Å²) >= 11 is 9.05. The molecule has 0 aliphatic carbocycles. The molecular formula is C19H18ClNO4S2. The predicted molar refractivity (Wildman–Crippen MR) is 111 cm³/mol. The van der Waals surface area contributed by atoms with Crippen molar-refractivity contribution in [3.05, 3.63) is 44.1 Å². The van der Waals surface area contributed by atoms with Crippen LogP contribution in [0.1, 0.15) is 37.4 Å². The average Bonchev–Trinajstić information content (AvgIpc) is 3.11. The number of nitrogens with one attached hydrogen (secondary N) is 1. The summed E-state index contributed by atoms with van der Waals surface area (Å²) in [6.45, 7) is 5.75. The number of anilines is 1. The van der Waals surface area contributed by atoms with Gasteiger partial charge in [-0.05, 0) is 44.5 Å². The van der Waals surface area contributed by atoms with Crippen molar-refractivity contribution in [1.82, 2.24) is 0 Å². The minimum atomic E-state index is -0.443. The number of benzene rings is 1. The summed E-state index contributed by atoms with van der Waals surface area (Å²) < 4.78 is 11.2. The van der Waals surface area contributed by atoms with Crippen LogP contribution in [0.25, 0.3) is 10.1 Å². The van der Waals surface area contributed by atoms with Gasteiger partial charge in [-0.25, -0.2) is 4.79 Å². The Hall–Kier alpha value is -2.09. The Balaban J connectivity index is 1.97. The maximum absolute atomic E-state index is 12.9. The number of esters is 1. The fraction of sp³-hybridized carbons (Fsp3) is 0.263. The smallest absolute Gasteiger partial charge is 0.341 e. The lowest BCUT2D eigenvalue weighted by Gasteiger charge is -2.06. The summed E-state index contributed by atoms with van der Waals surface area (Å²) in [6, 6.07) is 5.47. The van der Waals surface area contributed by atoms with Crippen LogP contribution in [0.15, 0.2) is 18.2 Å². The molecule has 0 spiro atoms. The zero-order chi connectivity index (χ0) is 19.7. The second-order valence-electron chi connectivity index (χ2n) is 5.77. The number of aryl methyl sites for hydroxylation is 1. The van der Waals surface area contributed by atoms with Crippen molar-refractivity contribution < 1.29 is 19.1 Å². The van der Waals surface area contributed by atoms with E-state index in [9.17, 15) is 9.59 Å². The van der Waals surface area contributed by atoms with Crippen molar-refractivity contribution in [3.8, 4) is 5.75 Å². The largest absolute Gasteiger partial charge is 0.497 e. The fourth-order valence-corrected chi connectivity index (χ4v) is 5.13. The van der Waals surface area contributed by atoms with E-state index in [2.05, 4.69) is 5.32 Å². The minimum absolute atomic E-state index is 0.268. The summed E-state index contributed by atoms with van der Waals surface area (Å²) in [6.07, 6.45) is 0. The fourth-order valence-electron chi connectivity index (χ4n) is 2.64. The van der Waals surface area contributed by atoms with Crippen LogP contribution in [-0.4, -0.2) is 25.6 Å². The molecule has 0 atom stereocenters. The van der Waals surface area contributed by atoms with Gasteiger partial charge in [-0.1, -0.05) is 11.6 Å². The van der Waals surface area contributed by atoms with Crippen molar-refractivity contribution in [2.75, 3.05) is 19.0 Å². The van der Waals surface area contributed by atoms with Crippen LogP contribution >= 0.6 is 34.3 Å². The Bertz CT molecular complexity index is 1040. The molecule has 0 aliphatic heterocycles. The number of amides is 1. The van der Waals surface area contributed by atoms with Gasteiger partial charge in [0, 0.05) is 15.0 Å². The second kappa shape index (κ2) is 7.88. The molecule has 0 bridgehead atoms.